The second kappa shape index (κ2) is 6.51. The number of hydrogen-bond acceptors (Lipinski definition) is 5. The number of nitrogens with zero attached hydrogens (tertiary/aromatic N) is 2. The molecule has 6 heteroatoms. The number of benzene rings is 1. The zero-order valence-electron chi connectivity index (χ0n) is 13.1. The first-order valence-electron chi connectivity index (χ1n) is 7.36. The number of rotatable bonds is 4. The maximum Gasteiger partial charge on any atom is 0.175 e. The summed E-state index contributed by atoms with van der Waals surface area (Å²) in [6, 6.07) is 12.1. The van der Waals surface area contributed by atoms with E-state index in [1.54, 1.807) is 49.1 Å². The first-order valence-corrected chi connectivity index (χ1v) is 9.25. The third kappa shape index (κ3) is 3.50. The summed E-state index contributed by atoms with van der Waals surface area (Å²) in [7, 11) is -3.20. The topological polar surface area (TPSA) is 85.9 Å². The van der Waals surface area contributed by atoms with Crippen molar-refractivity contribution in [2.75, 3.05) is 6.26 Å². The fourth-order valence-corrected chi connectivity index (χ4v) is 3.06. The monoisotopic (exact) mass is 339 g/mol. The highest BCUT2D eigenvalue weighted by molar-refractivity contribution is 7.90. The summed E-state index contributed by atoms with van der Waals surface area (Å²) in [5, 5.41) is 0. The number of aromatic nitrogens is 2. The maximum absolute atomic E-state index is 11.5. The highest BCUT2D eigenvalue weighted by atomic mass is 32.2. The number of nitrogens with two attached hydrogens (primary N) is 1. The first-order chi connectivity index (χ1) is 11.4. The average molecular weight is 339 g/mol. The summed E-state index contributed by atoms with van der Waals surface area (Å²) in [5.74, 6) is 0. The summed E-state index contributed by atoms with van der Waals surface area (Å²) < 4.78 is 23.1. The molecule has 2 N–H and O–H groups in total. The molecule has 24 heavy (non-hydrogen) atoms. The van der Waals surface area contributed by atoms with E-state index in [-0.39, 0.29) is 6.04 Å². The molecule has 5 nitrogen and oxygen atoms in total. The Hall–Kier alpha value is -2.57. The molecule has 0 amide bonds. The molecule has 0 bridgehead atoms. The normalized spacial score (nSPS) is 12.8. The van der Waals surface area contributed by atoms with Gasteiger partial charge in [0.1, 0.15) is 0 Å². The Bertz CT molecular complexity index is 940. The van der Waals surface area contributed by atoms with E-state index < -0.39 is 9.84 Å². The standard InChI is InChI=1S/C18H17N3O2S/c1-24(22,23)17-6-4-13(5-7-17)15-9-16(12-21-11-15)18(19)14-3-2-8-20-10-14/h2-12,18H,19H2,1H3. The van der Waals surface area contributed by atoms with Crippen LogP contribution in [-0.4, -0.2) is 24.6 Å². The molecule has 0 saturated heterocycles. The molecule has 122 valence electrons. The minimum Gasteiger partial charge on any atom is -0.320 e. The molecule has 1 aromatic carbocycles. The van der Waals surface area contributed by atoms with E-state index in [9.17, 15) is 8.42 Å². The summed E-state index contributed by atoms with van der Waals surface area (Å²) >= 11 is 0. The van der Waals surface area contributed by atoms with Crippen LogP contribution in [0.1, 0.15) is 17.2 Å². The van der Waals surface area contributed by atoms with E-state index in [2.05, 4.69) is 9.97 Å². The van der Waals surface area contributed by atoms with Gasteiger partial charge in [0, 0.05) is 36.6 Å². The molecular formula is C18H17N3O2S. The smallest absolute Gasteiger partial charge is 0.175 e. The Morgan fingerprint density at radius 1 is 0.917 bits per heavy atom. The second-order valence-corrected chi connectivity index (χ2v) is 7.58. The third-order valence-electron chi connectivity index (χ3n) is 3.78. The van der Waals surface area contributed by atoms with Crippen LogP contribution in [0.25, 0.3) is 11.1 Å². The Balaban J connectivity index is 1.93. The van der Waals surface area contributed by atoms with Gasteiger partial charge >= 0.3 is 0 Å². The Kier molecular flexibility index (Phi) is 4.42. The molecule has 1 atom stereocenters. The van der Waals surface area contributed by atoms with E-state index >= 15 is 0 Å². The molecule has 3 aromatic rings. The minimum absolute atomic E-state index is 0.294. The second-order valence-electron chi connectivity index (χ2n) is 5.57. The van der Waals surface area contributed by atoms with Crippen LogP contribution in [0.5, 0.6) is 0 Å². The Labute approximate surface area is 141 Å². The lowest BCUT2D eigenvalue weighted by Gasteiger charge is -2.13. The van der Waals surface area contributed by atoms with Crippen LogP contribution in [0.3, 0.4) is 0 Å². The predicted octanol–water partition coefficient (Wildman–Crippen LogP) is 2.60. The van der Waals surface area contributed by atoms with Gasteiger partial charge in [0.05, 0.1) is 10.9 Å². The highest BCUT2D eigenvalue weighted by Gasteiger charge is 2.11. The van der Waals surface area contributed by atoms with E-state index in [0.717, 1.165) is 22.3 Å². The molecule has 1 unspecified atom stereocenters. The summed E-state index contributed by atoms with van der Waals surface area (Å²) in [6.45, 7) is 0. The molecule has 3 rings (SSSR count). The van der Waals surface area contributed by atoms with Crippen LogP contribution in [0, 0.1) is 0 Å². The molecule has 0 radical (unpaired) electrons. The molecule has 0 saturated carbocycles. The van der Waals surface area contributed by atoms with Crippen molar-refractivity contribution in [3.63, 3.8) is 0 Å². The van der Waals surface area contributed by atoms with Gasteiger partial charge in [-0.25, -0.2) is 8.42 Å². The molecule has 0 fully saturated rings. The zero-order chi connectivity index (χ0) is 17.2. The quantitative estimate of drug-likeness (QED) is 0.789. The van der Waals surface area contributed by atoms with E-state index in [1.807, 2.05) is 18.2 Å². The van der Waals surface area contributed by atoms with Crippen molar-refractivity contribution < 1.29 is 8.42 Å². The van der Waals surface area contributed by atoms with Crippen molar-refractivity contribution in [2.24, 2.45) is 5.73 Å². The van der Waals surface area contributed by atoms with Crippen LogP contribution >= 0.6 is 0 Å². The highest BCUT2D eigenvalue weighted by Crippen LogP contribution is 2.25. The van der Waals surface area contributed by atoms with E-state index in [0.29, 0.717) is 4.90 Å². The first kappa shape index (κ1) is 16.3. The SMILES string of the molecule is CS(=O)(=O)c1ccc(-c2cncc(C(N)c3cccnc3)c2)cc1. The molecule has 0 aliphatic carbocycles. The summed E-state index contributed by atoms with van der Waals surface area (Å²) in [5.41, 5.74) is 9.83. The number of sulfone groups is 1. The average Bonchev–Trinajstić information content (AvgIpc) is 2.61. The van der Waals surface area contributed by atoms with Crippen LogP contribution in [0.2, 0.25) is 0 Å². The van der Waals surface area contributed by atoms with Gasteiger partial charge in [-0.15, -0.1) is 0 Å². The van der Waals surface area contributed by atoms with Crippen LogP contribution < -0.4 is 5.73 Å². The number of hydrogen-bond donors (Lipinski definition) is 1. The molecule has 0 aliphatic rings. The number of pyridine rings is 2. The minimum atomic E-state index is -3.20. The summed E-state index contributed by atoms with van der Waals surface area (Å²) in [4.78, 5) is 8.64. The van der Waals surface area contributed by atoms with Crippen molar-refractivity contribution in [3.05, 3.63) is 78.4 Å². The van der Waals surface area contributed by atoms with Crippen LogP contribution in [0.15, 0.2) is 72.1 Å². The molecule has 2 heterocycles. The van der Waals surface area contributed by atoms with Gasteiger partial charge in [0.15, 0.2) is 9.84 Å². The van der Waals surface area contributed by atoms with Crippen molar-refractivity contribution in [3.8, 4) is 11.1 Å². The third-order valence-corrected chi connectivity index (χ3v) is 4.91. The molecule has 0 spiro atoms. The lowest BCUT2D eigenvalue weighted by atomic mass is 9.99. The van der Waals surface area contributed by atoms with Gasteiger partial charge in [-0.05, 0) is 41.0 Å². The fraction of sp³-hybridized carbons (Fsp3) is 0.111. The van der Waals surface area contributed by atoms with Gasteiger partial charge in [-0.2, -0.15) is 0 Å². The van der Waals surface area contributed by atoms with Crippen molar-refractivity contribution >= 4 is 9.84 Å². The lowest BCUT2D eigenvalue weighted by molar-refractivity contribution is 0.602. The van der Waals surface area contributed by atoms with Crippen LogP contribution in [-0.2, 0) is 9.84 Å². The Morgan fingerprint density at radius 3 is 2.25 bits per heavy atom. The molecular weight excluding hydrogens is 322 g/mol. The van der Waals surface area contributed by atoms with Gasteiger partial charge in [-0.3, -0.25) is 9.97 Å². The largest absolute Gasteiger partial charge is 0.320 e. The van der Waals surface area contributed by atoms with Gasteiger partial charge in [0.2, 0.25) is 0 Å². The van der Waals surface area contributed by atoms with Gasteiger partial charge in [-0.1, -0.05) is 18.2 Å². The van der Waals surface area contributed by atoms with Gasteiger partial charge < -0.3 is 5.73 Å². The van der Waals surface area contributed by atoms with Crippen molar-refractivity contribution in [2.45, 2.75) is 10.9 Å². The van der Waals surface area contributed by atoms with Crippen molar-refractivity contribution in [1.29, 1.82) is 0 Å². The molecule has 2 aromatic heterocycles. The van der Waals surface area contributed by atoms with E-state index in [4.69, 9.17) is 5.73 Å². The van der Waals surface area contributed by atoms with Crippen LogP contribution in [0.4, 0.5) is 0 Å². The zero-order valence-corrected chi connectivity index (χ0v) is 13.9. The lowest BCUT2D eigenvalue weighted by Crippen LogP contribution is -2.12. The van der Waals surface area contributed by atoms with Gasteiger partial charge in [0.25, 0.3) is 0 Å². The Morgan fingerprint density at radius 2 is 1.62 bits per heavy atom. The predicted molar refractivity (Wildman–Crippen MR) is 93.1 cm³/mol. The fourth-order valence-electron chi connectivity index (χ4n) is 2.43. The van der Waals surface area contributed by atoms with Crippen molar-refractivity contribution in [1.82, 2.24) is 9.97 Å². The van der Waals surface area contributed by atoms with E-state index in [1.165, 1.54) is 6.26 Å². The molecule has 0 aliphatic heterocycles. The maximum atomic E-state index is 11.5. The summed E-state index contributed by atoms with van der Waals surface area (Å²) in [6.07, 6.45) is 8.09.